The highest BCUT2D eigenvalue weighted by Gasteiger charge is 2.05. The highest BCUT2D eigenvalue weighted by Crippen LogP contribution is 2.07. The maximum atomic E-state index is 12.4. The highest BCUT2D eigenvalue weighted by molar-refractivity contribution is 5.92. The largest absolute Gasteiger partial charge is 0.366 e. The van der Waals surface area contributed by atoms with Crippen LogP contribution in [0.2, 0.25) is 0 Å². The quantitative estimate of drug-likeness (QED) is 0.659. The molecule has 0 saturated heterocycles. The van der Waals surface area contributed by atoms with Crippen molar-refractivity contribution >= 4 is 5.91 Å². The molecule has 0 spiro atoms. The molecule has 1 amide bonds. The third-order valence-electron chi connectivity index (χ3n) is 1.20. The molecule has 60 valence electrons. The van der Waals surface area contributed by atoms with Gasteiger partial charge in [0.05, 0.1) is 0 Å². The van der Waals surface area contributed by atoms with E-state index in [9.17, 15) is 13.6 Å². The van der Waals surface area contributed by atoms with Crippen LogP contribution in [0.1, 0.15) is 11.8 Å². The summed E-state index contributed by atoms with van der Waals surface area (Å²) < 4.78 is 24.6. The number of amides is 1. The van der Waals surface area contributed by atoms with Gasteiger partial charge in [0.2, 0.25) is 5.91 Å². The zero-order valence-corrected chi connectivity index (χ0v) is 5.47. The first-order chi connectivity index (χ1) is 5.11. The van der Waals surface area contributed by atoms with Gasteiger partial charge in [-0.2, -0.15) is 0 Å². The van der Waals surface area contributed by atoms with Crippen LogP contribution in [0.5, 0.6) is 0 Å². The number of nitrogens with two attached hydrogens (primary N) is 1. The number of carbonyl (C=O) groups is 1. The lowest BCUT2D eigenvalue weighted by molar-refractivity contribution is 0.1000. The van der Waals surface area contributed by atoms with Gasteiger partial charge in [0.15, 0.2) is 11.6 Å². The van der Waals surface area contributed by atoms with Crippen molar-refractivity contribution in [3.8, 4) is 0 Å². The number of primary amides is 1. The summed E-state index contributed by atoms with van der Waals surface area (Å²) in [7, 11) is 0. The molecular formula is C7H7F2NO. The van der Waals surface area contributed by atoms with Crippen LogP contribution in [0.15, 0.2) is 18.2 Å². The minimum atomic E-state index is -1.07. The lowest BCUT2D eigenvalue weighted by Crippen LogP contribution is -2.11. The van der Waals surface area contributed by atoms with Gasteiger partial charge < -0.3 is 5.73 Å². The van der Waals surface area contributed by atoms with Gasteiger partial charge in [0.1, 0.15) is 0 Å². The smallest absolute Gasteiger partial charge is 0.248 e. The second-order valence-corrected chi connectivity index (χ2v) is 1.99. The van der Waals surface area contributed by atoms with Gasteiger partial charge >= 0.3 is 0 Å². The van der Waals surface area contributed by atoms with Crippen LogP contribution in [0.4, 0.5) is 8.78 Å². The topological polar surface area (TPSA) is 43.1 Å². The van der Waals surface area contributed by atoms with Crippen molar-refractivity contribution in [3.05, 3.63) is 35.4 Å². The van der Waals surface area contributed by atoms with Crippen molar-refractivity contribution in [1.29, 1.82) is 0 Å². The predicted octanol–water partition coefficient (Wildman–Crippen LogP) is 1.31. The van der Waals surface area contributed by atoms with Gasteiger partial charge in [-0.1, -0.05) is 0 Å². The summed E-state index contributed by atoms with van der Waals surface area (Å²) in [5.74, 6) is -2.83. The van der Waals surface area contributed by atoms with E-state index in [1.807, 2.05) is 0 Å². The van der Waals surface area contributed by atoms with Crippen LogP contribution in [-0.4, -0.2) is 5.91 Å². The average Bonchev–Trinajstić information content (AvgIpc) is 1.94. The van der Waals surface area contributed by atoms with Gasteiger partial charge in [-0.05, 0) is 18.2 Å². The van der Waals surface area contributed by atoms with Crippen LogP contribution in [0.25, 0.3) is 0 Å². The van der Waals surface area contributed by atoms with E-state index in [2.05, 4.69) is 0 Å². The zero-order valence-electron chi connectivity index (χ0n) is 5.47. The number of benzene rings is 1. The van der Waals surface area contributed by atoms with E-state index in [-0.39, 0.29) is 6.99 Å². The fourth-order valence-corrected chi connectivity index (χ4v) is 0.649. The molecule has 0 aliphatic heterocycles. The molecule has 11 heavy (non-hydrogen) atoms. The number of rotatable bonds is 1. The Balaban J connectivity index is 0.00000121. The lowest BCUT2D eigenvalue weighted by atomic mass is 10.2. The third kappa shape index (κ3) is 1.52. The molecule has 2 N–H and O–H groups in total. The van der Waals surface area contributed by atoms with Crippen molar-refractivity contribution in [2.75, 3.05) is 0 Å². The van der Waals surface area contributed by atoms with Gasteiger partial charge in [-0.25, -0.2) is 8.78 Å². The number of carbonyl (C=O) groups excluding carboxylic acids is 1. The second-order valence-electron chi connectivity index (χ2n) is 1.99. The van der Waals surface area contributed by atoms with E-state index in [0.29, 0.717) is 0 Å². The predicted molar refractivity (Wildman–Crippen MR) is 37.0 cm³/mol. The molecule has 1 aromatic carbocycles. The average molecular weight is 159 g/mol. The fourth-order valence-electron chi connectivity index (χ4n) is 0.649. The normalized spacial score (nSPS) is 9.64. The van der Waals surface area contributed by atoms with Crippen molar-refractivity contribution in [2.24, 2.45) is 5.73 Å². The summed E-state index contributed by atoms with van der Waals surface area (Å²) in [4.78, 5) is 10.4. The molecule has 0 aliphatic carbocycles. The SMILES string of the molecule is NC(=O)c1ccc(F)c(F)c1.[HH]. The summed E-state index contributed by atoms with van der Waals surface area (Å²) in [5, 5.41) is 0. The molecule has 1 aromatic rings. The molecule has 0 radical (unpaired) electrons. The Hall–Kier alpha value is -1.45. The van der Waals surface area contributed by atoms with Crippen molar-refractivity contribution < 1.29 is 15.0 Å². The van der Waals surface area contributed by atoms with E-state index in [1.54, 1.807) is 0 Å². The zero-order chi connectivity index (χ0) is 8.43. The Morgan fingerprint density at radius 3 is 2.45 bits per heavy atom. The van der Waals surface area contributed by atoms with Gasteiger partial charge in [-0.15, -0.1) is 0 Å². The summed E-state index contributed by atoms with van der Waals surface area (Å²) in [5.41, 5.74) is 4.77. The Morgan fingerprint density at radius 2 is 2.00 bits per heavy atom. The first-order valence-corrected chi connectivity index (χ1v) is 2.86. The molecule has 0 heterocycles. The molecule has 0 bridgehead atoms. The summed E-state index contributed by atoms with van der Waals surface area (Å²) >= 11 is 0. The highest BCUT2D eigenvalue weighted by atomic mass is 19.2. The molecular weight excluding hydrogens is 152 g/mol. The fraction of sp³-hybridized carbons (Fsp3) is 0. The number of hydrogen-bond donors (Lipinski definition) is 1. The third-order valence-corrected chi connectivity index (χ3v) is 1.20. The molecule has 0 saturated carbocycles. The molecule has 0 aromatic heterocycles. The van der Waals surface area contributed by atoms with Gasteiger partial charge in [0.25, 0.3) is 0 Å². The Labute approximate surface area is 63.1 Å². The Morgan fingerprint density at radius 1 is 1.36 bits per heavy atom. The van der Waals surface area contributed by atoms with Crippen LogP contribution in [0.3, 0.4) is 0 Å². The lowest BCUT2D eigenvalue weighted by Gasteiger charge is -1.94. The number of hydrogen-bond acceptors (Lipinski definition) is 1. The van der Waals surface area contributed by atoms with Gasteiger partial charge in [0, 0.05) is 6.99 Å². The second kappa shape index (κ2) is 2.65. The summed E-state index contributed by atoms with van der Waals surface area (Å²) in [6.45, 7) is 0. The maximum Gasteiger partial charge on any atom is 0.248 e. The summed E-state index contributed by atoms with van der Waals surface area (Å²) in [6.07, 6.45) is 0. The molecule has 2 nitrogen and oxygen atoms in total. The van der Waals surface area contributed by atoms with Crippen LogP contribution in [0, 0.1) is 11.6 Å². The number of halogens is 2. The summed E-state index contributed by atoms with van der Waals surface area (Å²) in [6, 6.07) is 2.74. The minimum Gasteiger partial charge on any atom is -0.366 e. The Bertz CT molecular complexity index is 303. The maximum absolute atomic E-state index is 12.4. The van der Waals surface area contributed by atoms with Crippen molar-refractivity contribution in [3.63, 3.8) is 0 Å². The monoisotopic (exact) mass is 159 g/mol. The first kappa shape index (κ1) is 7.65. The van der Waals surface area contributed by atoms with Crippen LogP contribution < -0.4 is 5.73 Å². The van der Waals surface area contributed by atoms with E-state index in [1.165, 1.54) is 0 Å². The van der Waals surface area contributed by atoms with E-state index in [4.69, 9.17) is 5.73 Å². The molecule has 4 heteroatoms. The first-order valence-electron chi connectivity index (χ1n) is 2.86. The van der Waals surface area contributed by atoms with Crippen molar-refractivity contribution in [2.45, 2.75) is 0 Å². The van der Waals surface area contributed by atoms with Crippen molar-refractivity contribution in [1.82, 2.24) is 0 Å². The molecule has 0 aliphatic rings. The van der Waals surface area contributed by atoms with E-state index >= 15 is 0 Å². The Kier molecular flexibility index (Phi) is 1.85. The molecule has 0 fully saturated rings. The molecule has 0 atom stereocenters. The standard InChI is InChI=1S/C7H5F2NO.H2/c8-5-2-1-4(7(10)11)3-6(5)9;/h1-3H,(H2,10,11);1H. The van der Waals surface area contributed by atoms with Crippen LogP contribution >= 0.6 is 0 Å². The van der Waals surface area contributed by atoms with E-state index < -0.39 is 17.5 Å². The van der Waals surface area contributed by atoms with E-state index in [0.717, 1.165) is 18.2 Å². The van der Waals surface area contributed by atoms with Crippen LogP contribution in [-0.2, 0) is 0 Å². The molecule has 0 unspecified atom stereocenters. The molecule has 1 rings (SSSR count). The van der Waals surface area contributed by atoms with Gasteiger partial charge in [-0.3, -0.25) is 4.79 Å². The minimum absolute atomic E-state index is 0.